The first-order chi connectivity index (χ1) is 19.8. The van der Waals surface area contributed by atoms with Crippen molar-refractivity contribution in [3.63, 3.8) is 0 Å². The molecular formula is C29H32ClF6N3O4. The summed E-state index contributed by atoms with van der Waals surface area (Å²) in [4.78, 5) is 38.4. The lowest BCUT2D eigenvalue weighted by molar-refractivity contribution is -0.182. The lowest BCUT2D eigenvalue weighted by Crippen LogP contribution is -2.40. The molecule has 1 aliphatic rings. The minimum Gasteiger partial charge on any atom is -0.483 e. The maximum Gasteiger partial charge on any atom is 0.422 e. The number of carbonyl (C=O) groups excluding carboxylic acids is 3. The van der Waals surface area contributed by atoms with Crippen LogP contribution in [0.2, 0.25) is 5.02 Å². The normalized spacial score (nSPS) is 17.6. The van der Waals surface area contributed by atoms with Crippen LogP contribution in [0.4, 0.5) is 32.0 Å². The molecule has 1 aliphatic carbocycles. The number of alkyl halides is 6. The van der Waals surface area contributed by atoms with Crippen LogP contribution in [0.1, 0.15) is 72.7 Å². The summed E-state index contributed by atoms with van der Waals surface area (Å²) in [7, 11) is 0. The smallest absolute Gasteiger partial charge is 0.422 e. The molecule has 2 aromatic rings. The Morgan fingerprint density at radius 3 is 2.12 bits per heavy atom. The van der Waals surface area contributed by atoms with Gasteiger partial charge in [-0.05, 0) is 61.6 Å². The minimum atomic E-state index is -4.70. The Balaban J connectivity index is 1.78. The van der Waals surface area contributed by atoms with Gasteiger partial charge in [0, 0.05) is 23.7 Å². The molecule has 0 aromatic heterocycles. The number of rotatable bonds is 8. The van der Waals surface area contributed by atoms with Gasteiger partial charge in [-0.25, -0.2) is 0 Å². The van der Waals surface area contributed by atoms with Gasteiger partial charge in [0.1, 0.15) is 5.75 Å². The first-order valence-corrected chi connectivity index (χ1v) is 13.8. The molecular weight excluding hydrogens is 604 g/mol. The maximum absolute atomic E-state index is 13.1. The minimum absolute atomic E-state index is 0.0257. The predicted octanol–water partition coefficient (Wildman–Crippen LogP) is 7.05. The summed E-state index contributed by atoms with van der Waals surface area (Å²) >= 11 is 6.22. The van der Waals surface area contributed by atoms with E-state index in [4.69, 9.17) is 16.3 Å². The molecule has 14 heteroatoms. The Labute approximate surface area is 249 Å². The Hall–Kier alpha value is -3.48. The van der Waals surface area contributed by atoms with Crippen LogP contribution < -0.4 is 20.7 Å². The van der Waals surface area contributed by atoms with Crippen molar-refractivity contribution in [1.82, 2.24) is 10.6 Å². The average Bonchev–Trinajstić information content (AvgIpc) is 2.90. The molecule has 7 nitrogen and oxygen atoms in total. The molecule has 1 fully saturated rings. The van der Waals surface area contributed by atoms with Gasteiger partial charge in [-0.2, -0.15) is 26.3 Å². The quantitative estimate of drug-likeness (QED) is 0.271. The zero-order valence-corrected chi connectivity index (χ0v) is 24.4. The summed E-state index contributed by atoms with van der Waals surface area (Å²) in [5, 5.41) is 7.96. The van der Waals surface area contributed by atoms with Gasteiger partial charge < -0.3 is 20.7 Å². The topological polar surface area (TPSA) is 96.5 Å². The number of anilines is 1. The van der Waals surface area contributed by atoms with Crippen molar-refractivity contribution in [3.8, 4) is 5.75 Å². The second kappa shape index (κ2) is 13.4. The van der Waals surface area contributed by atoms with Crippen molar-refractivity contribution in [3.05, 3.63) is 58.1 Å². The number of halogens is 7. The summed E-state index contributed by atoms with van der Waals surface area (Å²) < 4.78 is 82.3. The summed E-state index contributed by atoms with van der Waals surface area (Å²) in [5.41, 5.74) is -0.338. The monoisotopic (exact) mass is 635 g/mol. The molecule has 0 unspecified atom stereocenters. The number of ether oxygens (including phenoxy) is 1. The van der Waals surface area contributed by atoms with E-state index in [1.165, 1.54) is 18.2 Å². The lowest BCUT2D eigenvalue weighted by atomic mass is 9.85. The van der Waals surface area contributed by atoms with Gasteiger partial charge in [0.15, 0.2) is 6.61 Å². The number of carbonyl (C=O) groups is 3. The fourth-order valence-electron chi connectivity index (χ4n) is 4.40. The van der Waals surface area contributed by atoms with E-state index in [-0.39, 0.29) is 60.0 Å². The van der Waals surface area contributed by atoms with Crippen LogP contribution in [0.5, 0.6) is 5.75 Å². The van der Waals surface area contributed by atoms with Gasteiger partial charge in [-0.1, -0.05) is 38.4 Å². The number of nitrogens with one attached hydrogen (secondary N) is 3. The van der Waals surface area contributed by atoms with Crippen LogP contribution in [0, 0.1) is 11.3 Å². The van der Waals surface area contributed by atoms with Gasteiger partial charge in [0.25, 0.3) is 11.8 Å². The fraction of sp³-hybridized carbons (Fsp3) is 0.483. The largest absolute Gasteiger partial charge is 0.483 e. The van der Waals surface area contributed by atoms with E-state index in [9.17, 15) is 40.7 Å². The summed E-state index contributed by atoms with van der Waals surface area (Å²) in [6.07, 6.45) is -9.36. The standard InChI is InChI=1S/C29H32ClF6N3O4/c1-27(2,3)26(42)37-14-16-4-10-22(30)20(12-16)24(40)39-19-9-11-23(43-15-28(31,32)33)21(13-19)25(41)38-18-7-5-17(6-8-18)29(34,35)36/h4,9-13,17-18H,5-8,14-15H2,1-3H3,(H,37,42)(H,38,41)(H,39,40)/t17-,18-. The molecule has 0 heterocycles. The van der Waals surface area contributed by atoms with Crippen molar-refractivity contribution in [2.45, 2.75) is 71.4 Å². The molecule has 2 aromatic carbocycles. The molecule has 236 valence electrons. The van der Waals surface area contributed by atoms with Crippen molar-refractivity contribution in [2.75, 3.05) is 11.9 Å². The fourth-order valence-corrected chi connectivity index (χ4v) is 4.60. The summed E-state index contributed by atoms with van der Waals surface area (Å²) in [5.74, 6) is -3.68. The van der Waals surface area contributed by atoms with E-state index in [0.29, 0.717) is 5.56 Å². The Kier molecular flexibility index (Phi) is 10.6. The zero-order chi connectivity index (χ0) is 32.2. The van der Waals surface area contributed by atoms with Crippen LogP contribution >= 0.6 is 11.6 Å². The molecule has 1 saturated carbocycles. The van der Waals surface area contributed by atoms with Gasteiger partial charge in [0.05, 0.1) is 22.1 Å². The molecule has 3 amide bonds. The molecule has 0 radical (unpaired) electrons. The van der Waals surface area contributed by atoms with Crippen molar-refractivity contribution >= 4 is 35.0 Å². The number of amides is 3. The van der Waals surface area contributed by atoms with E-state index in [1.807, 2.05) is 0 Å². The van der Waals surface area contributed by atoms with E-state index >= 15 is 0 Å². The highest BCUT2D eigenvalue weighted by Crippen LogP contribution is 2.37. The Bertz CT molecular complexity index is 1330. The van der Waals surface area contributed by atoms with Crippen LogP contribution in [-0.2, 0) is 11.3 Å². The highest BCUT2D eigenvalue weighted by molar-refractivity contribution is 6.34. The predicted molar refractivity (Wildman–Crippen MR) is 148 cm³/mol. The SMILES string of the molecule is CC(C)(C)C(=O)NCc1ccc(Cl)c(C(=O)Nc2ccc(OCC(F)(F)F)c(C(=O)N[C@H]3CC[C@H](C(F)(F)F)CC3)c2)c1. The van der Waals surface area contributed by atoms with Crippen LogP contribution in [0.25, 0.3) is 0 Å². The highest BCUT2D eigenvalue weighted by Gasteiger charge is 2.41. The maximum atomic E-state index is 13.1. The number of hydrogen-bond donors (Lipinski definition) is 3. The van der Waals surface area contributed by atoms with Gasteiger partial charge >= 0.3 is 12.4 Å². The Morgan fingerprint density at radius 1 is 0.884 bits per heavy atom. The Morgan fingerprint density at radius 2 is 1.53 bits per heavy atom. The molecule has 0 spiro atoms. The van der Waals surface area contributed by atoms with Crippen molar-refractivity contribution < 1.29 is 45.5 Å². The van der Waals surface area contributed by atoms with E-state index in [2.05, 4.69) is 16.0 Å². The summed E-state index contributed by atoms with van der Waals surface area (Å²) in [6.45, 7) is 3.66. The molecule has 3 rings (SSSR count). The molecule has 0 bridgehead atoms. The lowest BCUT2D eigenvalue weighted by Gasteiger charge is -2.30. The first kappa shape index (κ1) is 34.0. The molecule has 3 N–H and O–H groups in total. The van der Waals surface area contributed by atoms with Crippen LogP contribution in [0.3, 0.4) is 0 Å². The van der Waals surface area contributed by atoms with Gasteiger partial charge in [0.2, 0.25) is 5.91 Å². The second-order valence-electron chi connectivity index (χ2n) is 11.4. The average molecular weight is 636 g/mol. The van der Waals surface area contributed by atoms with Gasteiger partial charge in [-0.15, -0.1) is 0 Å². The van der Waals surface area contributed by atoms with Gasteiger partial charge in [-0.3, -0.25) is 14.4 Å². The van der Waals surface area contributed by atoms with Crippen LogP contribution in [0.15, 0.2) is 36.4 Å². The highest BCUT2D eigenvalue weighted by atomic mass is 35.5. The molecule has 43 heavy (non-hydrogen) atoms. The zero-order valence-electron chi connectivity index (χ0n) is 23.6. The molecule has 0 aliphatic heterocycles. The summed E-state index contributed by atoms with van der Waals surface area (Å²) in [6, 6.07) is 7.36. The number of benzene rings is 2. The van der Waals surface area contributed by atoms with E-state index in [1.54, 1.807) is 26.8 Å². The third-order valence-corrected chi connectivity index (χ3v) is 7.14. The third kappa shape index (κ3) is 10.0. The van der Waals surface area contributed by atoms with E-state index in [0.717, 1.165) is 12.1 Å². The molecule has 0 atom stereocenters. The molecule has 0 saturated heterocycles. The first-order valence-electron chi connectivity index (χ1n) is 13.4. The third-order valence-electron chi connectivity index (χ3n) is 6.81. The second-order valence-corrected chi connectivity index (χ2v) is 11.8. The van der Waals surface area contributed by atoms with Crippen molar-refractivity contribution in [2.24, 2.45) is 11.3 Å². The van der Waals surface area contributed by atoms with E-state index < -0.39 is 53.9 Å². The van der Waals surface area contributed by atoms with Crippen LogP contribution in [-0.4, -0.2) is 42.7 Å². The number of hydrogen-bond acceptors (Lipinski definition) is 4. The van der Waals surface area contributed by atoms with Crippen molar-refractivity contribution in [1.29, 1.82) is 0 Å².